The van der Waals surface area contributed by atoms with Crippen LogP contribution in [0.4, 0.5) is 25.1 Å². The van der Waals surface area contributed by atoms with Crippen LogP contribution in [-0.2, 0) is 4.79 Å². The summed E-state index contributed by atoms with van der Waals surface area (Å²) in [7, 11) is 3.14. The molecule has 226 valence electrons. The molecular formula is C26H29F3N6O7. The number of carboxylic acids is 1. The van der Waals surface area contributed by atoms with Crippen molar-refractivity contribution < 1.29 is 42.4 Å². The smallest absolute Gasteiger partial charge is 0.490 e. The predicted octanol–water partition coefficient (Wildman–Crippen LogP) is 2.92. The zero-order chi connectivity index (χ0) is 31.0. The number of hydrogen-bond donors (Lipinski definition) is 5. The number of aryl methyl sites for hydroxylation is 1. The molecule has 16 heteroatoms. The second kappa shape index (κ2) is 13.8. The number of halogens is 3. The molecule has 0 amide bonds. The van der Waals surface area contributed by atoms with E-state index in [1.54, 1.807) is 38.5 Å². The Kier molecular flexibility index (Phi) is 10.4. The third-order valence-electron chi connectivity index (χ3n) is 5.67. The van der Waals surface area contributed by atoms with Crippen LogP contribution in [-0.4, -0.2) is 82.3 Å². The van der Waals surface area contributed by atoms with Crippen LogP contribution in [0.1, 0.15) is 12.6 Å². The first-order chi connectivity index (χ1) is 19.9. The number of nitrogens with zero attached hydrogens (tertiary/aromatic N) is 3. The second-order valence-corrected chi connectivity index (χ2v) is 8.77. The van der Waals surface area contributed by atoms with E-state index < -0.39 is 12.1 Å². The zero-order valence-corrected chi connectivity index (χ0v) is 23.0. The SMILES string of the molecule is COc1cc(OC)c2nc(Nc3nc4ccc(OCCNC(C)CO)cc4c(=O)[nH]3)nc(C)c2c1.O=C(O)C(F)(F)F. The Labute approximate surface area is 236 Å². The number of aliphatic hydroxyl groups is 1. The number of rotatable bonds is 10. The summed E-state index contributed by atoms with van der Waals surface area (Å²) >= 11 is 0. The van der Waals surface area contributed by atoms with Crippen molar-refractivity contribution in [3.8, 4) is 17.2 Å². The summed E-state index contributed by atoms with van der Waals surface area (Å²) in [4.78, 5) is 37.9. The average molecular weight is 595 g/mol. The van der Waals surface area contributed by atoms with Gasteiger partial charge in [0.1, 0.15) is 29.4 Å². The number of aromatic amines is 1. The van der Waals surface area contributed by atoms with Crippen LogP contribution in [0.25, 0.3) is 21.8 Å². The van der Waals surface area contributed by atoms with E-state index >= 15 is 0 Å². The highest BCUT2D eigenvalue weighted by Crippen LogP contribution is 2.32. The van der Waals surface area contributed by atoms with Gasteiger partial charge in [0.15, 0.2) is 0 Å². The predicted molar refractivity (Wildman–Crippen MR) is 147 cm³/mol. The molecule has 1 atom stereocenters. The maximum Gasteiger partial charge on any atom is 0.490 e. The maximum atomic E-state index is 12.7. The molecule has 0 aliphatic heterocycles. The van der Waals surface area contributed by atoms with Gasteiger partial charge < -0.3 is 29.7 Å². The summed E-state index contributed by atoms with van der Waals surface area (Å²) in [6.45, 7) is 4.76. The number of anilines is 2. The van der Waals surface area contributed by atoms with E-state index in [1.807, 2.05) is 19.9 Å². The third kappa shape index (κ3) is 8.17. The zero-order valence-electron chi connectivity index (χ0n) is 23.0. The Morgan fingerprint density at radius 2 is 1.76 bits per heavy atom. The van der Waals surface area contributed by atoms with Crippen molar-refractivity contribution in [2.45, 2.75) is 26.1 Å². The van der Waals surface area contributed by atoms with Crippen LogP contribution in [0.15, 0.2) is 35.1 Å². The van der Waals surface area contributed by atoms with Gasteiger partial charge in [-0.05, 0) is 38.1 Å². The third-order valence-corrected chi connectivity index (χ3v) is 5.67. The van der Waals surface area contributed by atoms with Crippen molar-refractivity contribution in [3.63, 3.8) is 0 Å². The number of methoxy groups -OCH3 is 2. The molecule has 2 heterocycles. The van der Waals surface area contributed by atoms with Crippen LogP contribution in [0.3, 0.4) is 0 Å². The molecule has 0 saturated carbocycles. The van der Waals surface area contributed by atoms with Crippen LogP contribution in [0.5, 0.6) is 17.2 Å². The number of fused-ring (bicyclic) bond motifs is 2. The number of aliphatic carboxylic acids is 1. The topological polar surface area (TPSA) is 181 Å². The lowest BCUT2D eigenvalue weighted by Gasteiger charge is -2.12. The van der Waals surface area contributed by atoms with Crippen molar-refractivity contribution in [3.05, 3.63) is 46.4 Å². The van der Waals surface area contributed by atoms with Crippen LogP contribution < -0.4 is 30.4 Å². The fourth-order valence-electron chi connectivity index (χ4n) is 3.56. The number of aromatic nitrogens is 4. The Morgan fingerprint density at radius 3 is 2.38 bits per heavy atom. The summed E-state index contributed by atoms with van der Waals surface area (Å²) in [5, 5.41) is 23.5. The van der Waals surface area contributed by atoms with Gasteiger partial charge in [0.2, 0.25) is 11.9 Å². The number of H-pyrrole nitrogens is 1. The van der Waals surface area contributed by atoms with Crippen molar-refractivity contribution in [1.82, 2.24) is 25.3 Å². The molecule has 0 bridgehead atoms. The van der Waals surface area contributed by atoms with Crippen molar-refractivity contribution in [1.29, 1.82) is 0 Å². The van der Waals surface area contributed by atoms with Gasteiger partial charge in [-0.2, -0.15) is 13.2 Å². The molecule has 2 aromatic carbocycles. The second-order valence-electron chi connectivity index (χ2n) is 8.77. The van der Waals surface area contributed by atoms with Gasteiger partial charge in [0.25, 0.3) is 5.56 Å². The standard InChI is InChI=1S/C24H28N6O5.C2HF3O2/c1-13(12-31)25-7-8-35-15-5-6-19-18(9-15)22(32)29-24(27-19)30-23-26-14(2)17-10-16(33-3)11-20(34-4)21(17)28-23;3-2(4,5)1(6)7/h5-6,9-11,13,25,31H,7-8,12H2,1-4H3,(H2,26,27,28,29,30,32);(H,6,7). The number of ether oxygens (including phenoxy) is 3. The number of nitrogens with one attached hydrogen (secondary N) is 3. The van der Waals surface area contributed by atoms with E-state index in [-0.39, 0.29) is 30.1 Å². The Balaban J connectivity index is 0.000000616. The highest BCUT2D eigenvalue weighted by Gasteiger charge is 2.38. The first-order valence-corrected chi connectivity index (χ1v) is 12.3. The first-order valence-electron chi connectivity index (χ1n) is 12.3. The van der Waals surface area contributed by atoms with Gasteiger partial charge in [-0.3, -0.25) is 15.1 Å². The monoisotopic (exact) mass is 594 g/mol. The maximum absolute atomic E-state index is 12.7. The lowest BCUT2D eigenvalue weighted by atomic mass is 10.1. The fraction of sp³-hybridized carbons (Fsp3) is 0.346. The minimum absolute atomic E-state index is 0.00699. The summed E-state index contributed by atoms with van der Waals surface area (Å²) in [5.74, 6) is -0.536. The Hall–Kier alpha value is -4.70. The Morgan fingerprint density at radius 1 is 1.07 bits per heavy atom. The van der Waals surface area contributed by atoms with Gasteiger partial charge in [-0.1, -0.05) is 0 Å². The highest BCUT2D eigenvalue weighted by molar-refractivity contribution is 5.89. The molecule has 4 aromatic rings. The quantitative estimate of drug-likeness (QED) is 0.170. The molecule has 0 aliphatic rings. The molecule has 13 nitrogen and oxygen atoms in total. The summed E-state index contributed by atoms with van der Waals surface area (Å²) in [6, 6.07) is 8.70. The lowest BCUT2D eigenvalue weighted by molar-refractivity contribution is -0.192. The summed E-state index contributed by atoms with van der Waals surface area (Å²) in [5.41, 5.74) is 1.49. The van der Waals surface area contributed by atoms with Crippen molar-refractivity contribution in [2.24, 2.45) is 0 Å². The highest BCUT2D eigenvalue weighted by atomic mass is 19.4. The molecule has 0 radical (unpaired) electrons. The summed E-state index contributed by atoms with van der Waals surface area (Å²) < 4.78 is 48.2. The van der Waals surface area contributed by atoms with E-state index in [1.165, 1.54) is 0 Å². The van der Waals surface area contributed by atoms with Crippen LogP contribution >= 0.6 is 0 Å². The van der Waals surface area contributed by atoms with E-state index in [4.69, 9.17) is 29.2 Å². The lowest BCUT2D eigenvalue weighted by Crippen LogP contribution is -2.32. The van der Waals surface area contributed by atoms with E-state index in [0.29, 0.717) is 52.5 Å². The van der Waals surface area contributed by atoms with Crippen molar-refractivity contribution in [2.75, 3.05) is 39.3 Å². The van der Waals surface area contributed by atoms with Gasteiger partial charge in [-0.25, -0.2) is 19.7 Å². The molecule has 0 fully saturated rings. The number of benzene rings is 2. The number of aliphatic hydroxyl groups excluding tert-OH is 1. The fourth-order valence-corrected chi connectivity index (χ4v) is 3.56. The molecule has 42 heavy (non-hydrogen) atoms. The molecule has 0 saturated heterocycles. The molecule has 4 rings (SSSR count). The first kappa shape index (κ1) is 31.8. The molecule has 0 aliphatic carbocycles. The van der Waals surface area contributed by atoms with Crippen LogP contribution in [0, 0.1) is 6.92 Å². The van der Waals surface area contributed by atoms with Gasteiger partial charge in [0.05, 0.1) is 37.4 Å². The van der Waals surface area contributed by atoms with Gasteiger partial charge in [0, 0.05) is 24.0 Å². The van der Waals surface area contributed by atoms with E-state index in [2.05, 4.69) is 30.6 Å². The molecular weight excluding hydrogens is 565 g/mol. The minimum atomic E-state index is -5.08. The minimum Gasteiger partial charge on any atom is -0.497 e. The molecule has 5 N–H and O–H groups in total. The largest absolute Gasteiger partial charge is 0.497 e. The van der Waals surface area contributed by atoms with Gasteiger partial charge >= 0.3 is 12.1 Å². The number of carboxylic acid groups (broad SMARTS) is 1. The van der Waals surface area contributed by atoms with Crippen LogP contribution in [0.2, 0.25) is 0 Å². The number of alkyl halides is 3. The molecule has 2 aromatic heterocycles. The number of hydrogen-bond acceptors (Lipinski definition) is 11. The molecule has 0 spiro atoms. The summed E-state index contributed by atoms with van der Waals surface area (Å²) in [6.07, 6.45) is -5.08. The van der Waals surface area contributed by atoms with E-state index in [0.717, 1.165) is 5.39 Å². The number of carbonyl (C=O) groups is 1. The normalized spacial score (nSPS) is 11.9. The Bertz CT molecular complexity index is 1610. The average Bonchev–Trinajstić information content (AvgIpc) is 2.94. The van der Waals surface area contributed by atoms with Gasteiger partial charge in [-0.15, -0.1) is 0 Å². The van der Waals surface area contributed by atoms with Crippen molar-refractivity contribution >= 4 is 39.7 Å². The molecule has 1 unspecified atom stereocenters. The van der Waals surface area contributed by atoms with E-state index in [9.17, 15) is 18.0 Å².